The maximum Gasteiger partial charge on any atom is 0.250 e. The SMILES string of the molecule is C/C(=C\c1cccs1)C(=O)N1CCC[C@H]1C(=O)N1CCC(C)CC1. The van der Waals surface area contributed by atoms with Crippen molar-refractivity contribution in [3.05, 3.63) is 28.0 Å². The first-order chi connectivity index (χ1) is 11.6. The highest BCUT2D eigenvalue weighted by atomic mass is 32.1. The lowest BCUT2D eigenvalue weighted by Crippen LogP contribution is -2.50. The minimum Gasteiger partial charge on any atom is -0.341 e. The fourth-order valence-electron chi connectivity index (χ4n) is 3.58. The fraction of sp³-hybridized carbons (Fsp3) is 0.579. The molecule has 2 saturated heterocycles. The van der Waals surface area contributed by atoms with Gasteiger partial charge in [-0.15, -0.1) is 11.3 Å². The lowest BCUT2D eigenvalue weighted by molar-refractivity contribution is -0.143. The maximum absolute atomic E-state index is 12.9. The average molecular weight is 346 g/mol. The molecular weight excluding hydrogens is 320 g/mol. The average Bonchev–Trinajstić information content (AvgIpc) is 3.25. The van der Waals surface area contributed by atoms with E-state index in [1.807, 2.05) is 35.4 Å². The molecule has 2 aliphatic heterocycles. The molecule has 3 heterocycles. The van der Waals surface area contributed by atoms with E-state index < -0.39 is 0 Å². The molecule has 2 fully saturated rings. The fourth-order valence-corrected chi connectivity index (χ4v) is 4.30. The second-order valence-electron chi connectivity index (χ2n) is 7.01. The minimum atomic E-state index is -0.266. The van der Waals surface area contributed by atoms with Crippen molar-refractivity contribution in [3.8, 4) is 0 Å². The van der Waals surface area contributed by atoms with Crippen molar-refractivity contribution in [2.75, 3.05) is 19.6 Å². The first-order valence-corrected chi connectivity index (χ1v) is 9.76. The molecule has 130 valence electrons. The number of amides is 2. The molecule has 2 aliphatic rings. The second-order valence-corrected chi connectivity index (χ2v) is 7.99. The van der Waals surface area contributed by atoms with E-state index in [0.717, 1.165) is 43.6 Å². The molecule has 4 nitrogen and oxygen atoms in total. The Morgan fingerprint density at radius 1 is 1.21 bits per heavy atom. The minimum absolute atomic E-state index is 0.00428. The number of hydrogen-bond acceptors (Lipinski definition) is 3. The first kappa shape index (κ1) is 17.2. The zero-order valence-electron chi connectivity index (χ0n) is 14.5. The highest BCUT2D eigenvalue weighted by Gasteiger charge is 2.37. The van der Waals surface area contributed by atoms with Crippen molar-refractivity contribution < 1.29 is 9.59 Å². The molecule has 0 radical (unpaired) electrons. The summed E-state index contributed by atoms with van der Waals surface area (Å²) in [5.74, 6) is 0.854. The summed E-state index contributed by atoms with van der Waals surface area (Å²) < 4.78 is 0. The molecule has 1 aromatic heterocycles. The van der Waals surface area contributed by atoms with Gasteiger partial charge in [0.2, 0.25) is 11.8 Å². The number of thiophene rings is 1. The third-order valence-electron chi connectivity index (χ3n) is 5.13. The lowest BCUT2D eigenvalue weighted by atomic mass is 9.98. The predicted octanol–water partition coefficient (Wildman–Crippen LogP) is 3.40. The Labute approximate surface area is 148 Å². The Morgan fingerprint density at radius 3 is 2.62 bits per heavy atom. The van der Waals surface area contributed by atoms with Crippen LogP contribution >= 0.6 is 11.3 Å². The number of piperidine rings is 1. The topological polar surface area (TPSA) is 40.6 Å². The molecule has 0 spiro atoms. The van der Waals surface area contributed by atoms with Gasteiger partial charge < -0.3 is 9.80 Å². The van der Waals surface area contributed by atoms with Gasteiger partial charge in [-0.1, -0.05) is 13.0 Å². The Kier molecular flexibility index (Phi) is 5.39. The van der Waals surface area contributed by atoms with Crippen molar-refractivity contribution in [2.45, 2.75) is 45.6 Å². The van der Waals surface area contributed by atoms with Gasteiger partial charge in [-0.3, -0.25) is 9.59 Å². The van der Waals surface area contributed by atoms with Crippen LogP contribution in [0.25, 0.3) is 6.08 Å². The molecule has 1 atom stereocenters. The molecule has 1 aromatic rings. The Balaban J connectivity index is 1.68. The smallest absolute Gasteiger partial charge is 0.250 e. The summed E-state index contributed by atoms with van der Waals surface area (Å²) in [6.45, 7) is 6.45. The van der Waals surface area contributed by atoms with Gasteiger partial charge in [0.1, 0.15) is 6.04 Å². The molecule has 0 bridgehead atoms. The highest BCUT2D eigenvalue weighted by Crippen LogP contribution is 2.25. The molecule has 3 rings (SSSR count). The summed E-state index contributed by atoms with van der Waals surface area (Å²) in [4.78, 5) is 30.5. The summed E-state index contributed by atoms with van der Waals surface area (Å²) in [5, 5.41) is 2.00. The quantitative estimate of drug-likeness (QED) is 0.787. The summed E-state index contributed by atoms with van der Waals surface area (Å²) in [5.41, 5.74) is 0.712. The van der Waals surface area contributed by atoms with Gasteiger partial charge in [0.05, 0.1) is 0 Å². The number of carbonyl (C=O) groups is 2. The largest absolute Gasteiger partial charge is 0.341 e. The molecule has 0 saturated carbocycles. The molecule has 2 amide bonds. The van der Waals surface area contributed by atoms with E-state index in [-0.39, 0.29) is 17.9 Å². The van der Waals surface area contributed by atoms with E-state index in [1.165, 1.54) is 0 Å². The number of nitrogens with zero attached hydrogens (tertiary/aromatic N) is 2. The molecular formula is C19H26N2O2S. The van der Waals surface area contributed by atoms with Gasteiger partial charge in [0.15, 0.2) is 0 Å². The normalized spacial score (nSPS) is 22.9. The van der Waals surface area contributed by atoms with Crippen molar-refractivity contribution in [1.29, 1.82) is 0 Å². The summed E-state index contributed by atoms with van der Waals surface area (Å²) in [6.07, 6.45) is 5.78. The van der Waals surface area contributed by atoms with Crippen molar-refractivity contribution >= 4 is 29.2 Å². The van der Waals surface area contributed by atoms with Crippen LogP contribution in [0.1, 0.15) is 44.4 Å². The lowest BCUT2D eigenvalue weighted by Gasteiger charge is -2.34. The molecule has 0 aliphatic carbocycles. The van der Waals surface area contributed by atoms with Gasteiger partial charge in [-0.25, -0.2) is 0 Å². The number of likely N-dealkylation sites (tertiary alicyclic amines) is 2. The van der Waals surface area contributed by atoms with Crippen LogP contribution in [-0.4, -0.2) is 47.3 Å². The van der Waals surface area contributed by atoms with E-state index in [2.05, 4.69) is 6.92 Å². The number of rotatable bonds is 3. The van der Waals surface area contributed by atoms with E-state index in [4.69, 9.17) is 0 Å². The Hall–Kier alpha value is -1.62. The zero-order chi connectivity index (χ0) is 17.1. The molecule has 0 unspecified atom stereocenters. The van der Waals surface area contributed by atoms with Gasteiger partial charge >= 0.3 is 0 Å². The third-order valence-corrected chi connectivity index (χ3v) is 5.95. The first-order valence-electron chi connectivity index (χ1n) is 8.88. The molecule has 5 heteroatoms. The molecule has 0 aromatic carbocycles. The number of hydrogen-bond donors (Lipinski definition) is 0. The predicted molar refractivity (Wildman–Crippen MR) is 97.7 cm³/mol. The van der Waals surface area contributed by atoms with Crippen LogP contribution in [0.3, 0.4) is 0 Å². The summed E-state index contributed by atoms with van der Waals surface area (Å²) >= 11 is 1.62. The van der Waals surface area contributed by atoms with Crippen LogP contribution in [0.15, 0.2) is 23.1 Å². The van der Waals surface area contributed by atoms with Crippen LogP contribution < -0.4 is 0 Å². The highest BCUT2D eigenvalue weighted by molar-refractivity contribution is 7.10. The Bertz CT molecular complexity index is 615. The van der Waals surface area contributed by atoms with Gasteiger partial charge in [0, 0.05) is 30.1 Å². The van der Waals surface area contributed by atoms with E-state index in [9.17, 15) is 9.59 Å². The van der Waals surface area contributed by atoms with Crippen LogP contribution in [-0.2, 0) is 9.59 Å². The number of carbonyl (C=O) groups excluding carboxylic acids is 2. The van der Waals surface area contributed by atoms with Crippen LogP contribution in [0.5, 0.6) is 0 Å². The van der Waals surface area contributed by atoms with Gasteiger partial charge in [-0.05, 0) is 56.0 Å². The molecule has 24 heavy (non-hydrogen) atoms. The van der Waals surface area contributed by atoms with E-state index in [1.54, 1.807) is 16.2 Å². The van der Waals surface area contributed by atoms with Crippen LogP contribution in [0.2, 0.25) is 0 Å². The maximum atomic E-state index is 12.9. The summed E-state index contributed by atoms with van der Waals surface area (Å²) in [6, 6.07) is 3.72. The van der Waals surface area contributed by atoms with E-state index in [0.29, 0.717) is 18.0 Å². The van der Waals surface area contributed by atoms with Gasteiger partial charge in [0.25, 0.3) is 0 Å². The zero-order valence-corrected chi connectivity index (χ0v) is 15.3. The monoisotopic (exact) mass is 346 g/mol. The van der Waals surface area contributed by atoms with Crippen molar-refractivity contribution in [2.24, 2.45) is 5.92 Å². The van der Waals surface area contributed by atoms with Gasteiger partial charge in [-0.2, -0.15) is 0 Å². The second kappa shape index (κ2) is 7.51. The van der Waals surface area contributed by atoms with Crippen molar-refractivity contribution in [1.82, 2.24) is 9.80 Å². The summed E-state index contributed by atoms with van der Waals surface area (Å²) in [7, 11) is 0. The Morgan fingerprint density at radius 2 is 1.96 bits per heavy atom. The van der Waals surface area contributed by atoms with E-state index >= 15 is 0 Å². The van der Waals surface area contributed by atoms with Crippen LogP contribution in [0, 0.1) is 5.92 Å². The molecule has 0 N–H and O–H groups in total. The standard InChI is InChI=1S/C19H26N2O2S/c1-14-7-10-20(11-8-14)19(23)17-6-3-9-21(17)18(22)15(2)13-16-5-4-12-24-16/h4-5,12-14,17H,3,6-11H2,1-2H3/b15-13+/t17-/m0/s1. The van der Waals surface area contributed by atoms with Crippen molar-refractivity contribution in [3.63, 3.8) is 0 Å². The van der Waals surface area contributed by atoms with Crippen LogP contribution in [0.4, 0.5) is 0 Å². The third kappa shape index (κ3) is 3.72.